The summed E-state index contributed by atoms with van der Waals surface area (Å²) in [5.74, 6) is -0.0618. The van der Waals surface area contributed by atoms with Crippen molar-refractivity contribution in [3.63, 3.8) is 0 Å². The van der Waals surface area contributed by atoms with Crippen molar-refractivity contribution >= 4 is 29.3 Å². The maximum absolute atomic E-state index is 11.5. The van der Waals surface area contributed by atoms with Gasteiger partial charge in [-0.15, -0.1) is 0 Å². The van der Waals surface area contributed by atoms with Crippen molar-refractivity contribution in [1.82, 2.24) is 9.55 Å². The number of rotatable bonds is 6. The van der Waals surface area contributed by atoms with E-state index in [2.05, 4.69) is 11.9 Å². The number of aromatic nitrogens is 2. The molecule has 1 heterocycles. The van der Waals surface area contributed by atoms with Crippen LogP contribution in [0.2, 0.25) is 5.02 Å². The van der Waals surface area contributed by atoms with E-state index in [9.17, 15) is 9.90 Å². The van der Waals surface area contributed by atoms with E-state index in [0.29, 0.717) is 17.3 Å². The number of carboxylic acid groups (broad SMARTS) is 1. The smallest absolute Gasteiger partial charge is 0.354 e. The van der Waals surface area contributed by atoms with Crippen molar-refractivity contribution in [2.45, 2.75) is 32.0 Å². The highest BCUT2D eigenvalue weighted by molar-refractivity contribution is 7.99. The Bertz CT molecular complexity index is 655. The Morgan fingerprint density at radius 3 is 2.76 bits per heavy atom. The van der Waals surface area contributed by atoms with E-state index in [4.69, 9.17) is 11.6 Å². The number of aryl methyl sites for hydroxylation is 1. The van der Waals surface area contributed by atoms with Crippen LogP contribution in [0.25, 0.3) is 0 Å². The molecule has 0 unspecified atom stereocenters. The predicted molar refractivity (Wildman–Crippen MR) is 85.5 cm³/mol. The maximum Gasteiger partial charge on any atom is 0.354 e. The fourth-order valence-corrected chi connectivity index (χ4v) is 3.16. The van der Waals surface area contributed by atoms with Crippen LogP contribution in [0.1, 0.15) is 35.1 Å². The summed E-state index contributed by atoms with van der Waals surface area (Å²) in [6.07, 6.45) is 1.01. The zero-order chi connectivity index (χ0) is 15.4. The molecule has 0 aliphatic heterocycles. The van der Waals surface area contributed by atoms with Gasteiger partial charge in [-0.3, -0.25) is 0 Å². The molecule has 0 atom stereocenters. The van der Waals surface area contributed by atoms with Gasteiger partial charge in [-0.25, -0.2) is 9.78 Å². The molecule has 0 aliphatic rings. The molecule has 0 amide bonds. The Kier molecular flexibility index (Phi) is 5.31. The maximum atomic E-state index is 11.5. The molecule has 4 nitrogen and oxygen atoms in total. The molecular weight excluding hydrogens is 308 g/mol. The normalized spacial score (nSPS) is 10.8. The third-order valence-corrected chi connectivity index (χ3v) is 4.58. The molecule has 1 N–H and O–H groups in total. The van der Waals surface area contributed by atoms with Gasteiger partial charge >= 0.3 is 5.97 Å². The summed E-state index contributed by atoms with van der Waals surface area (Å²) >= 11 is 7.75. The summed E-state index contributed by atoms with van der Waals surface area (Å²) in [7, 11) is 0. The molecule has 0 radical (unpaired) electrons. The van der Waals surface area contributed by atoms with Gasteiger partial charge in [0.1, 0.15) is 0 Å². The molecule has 0 saturated carbocycles. The minimum atomic E-state index is -0.963. The predicted octanol–water partition coefficient (Wildman–Crippen LogP) is 4.09. The highest BCUT2D eigenvalue weighted by Crippen LogP contribution is 2.25. The third-order valence-electron chi connectivity index (χ3n) is 3.03. The first-order valence-corrected chi connectivity index (χ1v) is 8.07. The number of nitrogens with zero attached hydrogens (tertiary/aromatic N) is 2. The number of imidazole rings is 1. The first kappa shape index (κ1) is 15.9. The largest absolute Gasteiger partial charge is 0.477 e. The summed E-state index contributed by atoms with van der Waals surface area (Å²) in [6, 6.07) is 7.46. The third kappa shape index (κ3) is 3.60. The minimum absolute atomic E-state index is 0.230. The number of benzene rings is 1. The van der Waals surface area contributed by atoms with E-state index in [1.807, 2.05) is 18.2 Å². The number of carboxylic acids is 1. The van der Waals surface area contributed by atoms with Crippen molar-refractivity contribution in [3.8, 4) is 0 Å². The summed E-state index contributed by atoms with van der Waals surface area (Å²) in [6.45, 7) is 4.22. The van der Waals surface area contributed by atoms with Crippen LogP contribution in [0.5, 0.6) is 0 Å². The van der Waals surface area contributed by atoms with Gasteiger partial charge in [-0.05, 0) is 25.0 Å². The van der Waals surface area contributed by atoms with Gasteiger partial charge in [-0.1, -0.05) is 48.5 Å². The molecule has 6 heteroatoms. The Morgan fingerprint density at radius 2 is 2.14 bits per heavy atom. The summed E-state index contributed by atoms with van der Waals surface area (Å²) in [4.78, 5) is 15.9. The Labute approximate surface area is 133 Å². The molecule has 21 heavy (non-hydrogen) atoms. The topological polar surface area (TPSA) is 55.1 Å². The van der Waals surface area contributed by atoms with E-state index < -0.39 is 5.97 Å². The van der Waals surface area contributed by atoms with Crippen LogP contribution < -0.4 is 0 Å². The zero-order valence-corrected chi connectivity index (χ0v) is 13.5. The van der Waals surface area contributed by atoms with Gasteiger partial charge in [-0.2, -0.15) is 0 Å². The average molecular weight is 325 g/mol. The van der Waals surface area contributed by atoms with E-state index in [1.165, 1.54) is 0 Å². The first-order chi connectivity index (χ1) is 10.0. The second-order valence-electron chi connectivity index (χ2n) is 4.66. The Hall–Kier alpha value is -1.46. The van der Waals surface area contributed by atoms with Crippen LogP contribution in [0.3, 0.4) is 0 Å². The SMILES string of the molecule is CCCSc1nc(C)c(C(=O)O)n1Cc1ccccc1Cl. The van der Waals surface area contributed by atoms with Crippen LogP contribution >= 0.6 is 23.4 Å². The van der Waals surface area contributed by atoms with Gasteiger partial charge in [0, 0.05) is 10.8 Å². The molecule has 2 aromatic rings. The van der Waals surface area contributed by atoms with Crippen LogP contribution in [-0.4, -0.2) is 26.4 Å². The van der Waals surface area contributed by atoms with Crippen molar-refractivity contribution in [3.05, 3.63) is 46.2 Å². The molecule has 1 aromatic carbocycles. The Balaban J connectivity index is 2.44. The molecule has 0 fully saturated rings. The fraction of sp³-hybridized carbons (Fsp3) is 0.333. The van der Waals surface area contributed by atoms with Gasteiger partial charge < -0.3 is 9.67 Å². The van der Waals surface area contributed by atoms with E-state index in [0.717, 1.165) is 22.9 Å². The lowest BCUT2D eigenvalue weighted by Crippen LogP contribution is -2.12. The van der Waals surface area contributed by atoms with Crippen molar-refractivity contribution in [2.24, 2.45) is 0 Å². The quantitative estimate of drug-likeness (QED) is 0.813. The van der Waals surface area contributed by atoms with E-state index in [-0.39, 0.29) is 5.69 Å². The van der Waals surface area contributed by atoms with Crippen LogP contribution in [-0.2, 0) is 6.54 Å². The van der Waals surface area contributed by atoms with Crippen LogP contribution in [0, 0.1) is 6.92 Å². The number of hydrogen-bond donors (Lipinski definition) is 1. The number of thioether (sulfide) groups is 1. The van der Waals surface area contributed by atoms with E-state index in [1.54, 1.807) is 29.3 Å². The van der Waals surface area contributed by atoms with Gasteiger partial charge in [0.05, 0.1) is 12.2 Å². The summed E-state index contributed by atoms with van der Waals surface area (Å²) in [5, 5.41) is 10.8. The molecule has 0 spiro atoms. The van der Waals surface area contributed by atoms with Crippen molar-refractivity contribution in [1.29, 1.82) is 0 Å². The standard InChI is InChI=1S/C15H17ClN2O2S/c1-3-8-21-15-17-10(2)13(14(19)20)18(15)9-11-6-4-5-7-12(11)16/h4-7H,3,8-9H2,1-2H3,(H,19,20). The molecule has 0 saturated heterocycles. The first-order valence-electron chi connectivity index (χ1n) is 6.71. The molecule has 112 valence electrons. The number of aromatic carboxylic acids is 1. The average Bonchev–Trinajstić information content (AvgIpc) is 2.75. The fourth-order valence-electron chi connectivity index (χ4n) is 2.07. The molecule has 0 bridgehead atoms. The van der Waals surface area contributed by atoms with Gasteiger partial charge in [0.25, 0.3) is 0 Å². The molecule has 2 rings (SSSR count). The summed E-state index contributed by atoms with van der Waals surface area (Å²) in [5.41, 5.74) is 1.65. The number of carbonyl (C=O) groups is 1. The van der Waals surface area contributed by atoms with Gasteiger partial charge in [0.2, 0.25) is 0 Å². The zero-order valence-electron chi connectivity index (χ0n) is 12.0. The van der Waals surface area contributed by atoms with Crippen LogP contribution in [0.4, 0.5) is 0 Å². The Morgan fingerprint density at radius 1 is 1.43 bits per heavy atom. The molecule has 0 aliphatic carbocycles. The number of hydrogen-bond acceptors (Lipinski definition) is 3. The van der Waals surface area contributed by atoms with Crippen molar-refractivity contribution < 1.29 is 9.90 Å². The van der Waals surface area contributed by atoms with Crippen molar-refractivity contribution in [2.75, 3.05) is 5.75 Å². The second kappa shape index (κ2) is 7.00. The summed E-state index contributed by atoms with van der Waals surface area (Å²) < 4.78 is 1.74. The lowest BCUT2D eigenvalue weighted by Gasteiger charge is -2.11. The monoisotopic (exact) mass is 324 g/mol. The lowest BCUT2D eigenvalue weighted by atomic mass is 10.2. The van der Waals surface area contributed by atoms with Gasteiger partial charge in [0.15, 0.2) is 10.9 Å². The van der Waals surface area contributed by atoms with E-state index >= 15 is 0 Å². The molecule has 1 aromatic heterocycles. The highest BCUT2D eigenvalue weighted by atomic mass is 35.5. The van der Waals surface area contributed by atoms with Crippen LogP contribution in [0.15, 0.2) is 29.4 Å². The molecular formula is C15H17ClN2O2S. The minimum Gasteiger partial charge on any atom is -0.477 e. The number of halogens is 1. The highest BCUT2D eigenvalue weighted by Gasteiger charge is 2.20. The lowest BCUT2D eigenvalue weighted by molar-refractivity contribution is 0.0684. The second-order valence-corrected chi connectivity index (χ2v) is 6.13.